The van der Waals surface area contributed by atoms with Crippen molar-refractivity contribution >= 4 is 21.8 Å². The van der Waals surface area contributed by atoms with Gasteiger partial charge in [0.05, 0.1) is 11.7 Å². The van der Waals surface area contributed by atoms with Gasteiger partial charge < -0.3 is 9.64 Å². The Morgan fingerprint density at radius 2 is 2.16 bits per heavy atom. The van der Waals surface area contributed by atoms with E-state index in [4.69, 9.17) is 4.74 Å². The van der Waals surface area contributed by atoms with Crippen molar-refractivity contribution in [2.24, 2.45) is 0 Å². The van der Waals surface area contributed by atoms with Crippen LogP contribution in [0.2, 0.25) is 0 Å². The number of nitrogens with zero attached hydrogens (tertiary/aromatic N) is 1. The lowest BCUT2D eigenvalue weighted by Crippen LogP contribution is -2.53. The average molecular weight is 326 g/mol. The van der Waals surface area contributed by atoms with Gasteiger partial charge in [0.15, 0.2) is 0 Å². The van der Waals surface area contributed by atoms with E-state index in [1.54, 1.807) is 0 Å². The van der Waals surface area contributed by atoms with Crippen LogP contribution < -0.4 is 0 Å². The molecule has 4 heteroatoms. The van der Waals surface area contributed by atoms with Crippen molar-refractivity contribution in [3.63, 3.8) is 0 Å². The second-order valence-electron chi connectivity index (χ2n) is 5.84. The Kier molecular flexibility index (Phi) is 4.02. The third kappa shape index (κ3) is 3.37. The summed E-state index contributed by atoms with van der Waals surface area (Å²) in [6.45, 7) is 9.33. The molecular formula is C15H20BrNO2. The second-order valence-corrected chi connectivity index (χ2v) is 6.69. The van der Waals surface area contributed by atoms with Crippen molar-refractivity contribution in [3.8, 4) is 0 Å². The Morgan fingerprint density at radius 1 is 1.47 bits per heavy atom. The standard InChI is InChI=1S/C15H20BrNO2/c1-10-7-12(5-6-13(10)16)14(18)17-8-11(2)19-15(3,4)9-17/h5-7,11H,8-9H2,1-4H3. The summed E-state index contributed by atoms with van der Waals surface area (Å²) in [5, 5.41) is 0. The Balaban J connectivity index is 2.21. The zero-order valence-electron chi connectivity index (χ0n) is 11.9. The molecule has 0 radical (unpaired) electrons. The first-order chi connectivity index (χ1) is 8.78. The Morgan fingerprint density at radius 3 is 2.74 bits per heavy atom. The average Bonchev–Trinajstić information content (AvgIpc) is 2.29. The van der Waals surface area contributed by atoms with Crippen molar-refractivity contribution in [1.82, 2.24) is 4.90 Å². The first-order valence-electron chi connectivity index (χ1n) is 6.52. The van der Waals surface area contributed by atoms with Gasteiger partial charge in [-0.25, -0.2) is 0 Å². The number of rotatable bonds is 1. The molecule has 0 N–H and O–H groups in total. The quantitative estimate of drug-likeness (QED) is 0.792. The number of morpholine rings is 1. The lowest BCUT2D eigenvalue weighted by atomic mass is 10.0. The first-order valence-corrected chi connectivity index (χ1v) is 7.31. The van der Waals surface area contributed by atoms with Gasteiger partial charge in [-0.1, -0.05) is 15.9 Å². The smallest absolute Gasteiger partial charge is 0.254 e. The van der Waals surface area contributed by atoms with Crippen molar-refractivity contribution in [3.05, 3.63) is 33.8 Å². The van der Waals surface area contributed by atoms with Crippen molar-refractivity contribution in [2.75, 3.05) is 13.1 Å². The monoisotopic (exact) mass is 325 g/mol. The maximum atomic E-state index is 12.6. The molecule has 1 saturated heterocycles. The molecule has 0 aliphatic carbocycles. The van der Waals surface area contributed by atoms with Gasteiger partial charge in [0.25, 0.3) is 5.91 Å². The van der Waals surface area contributed by atoms with Crippen LogP contribution in [0.3, 0.4) is 0 Å². The summed E-state index contributed by atoms with van der Waals surface area (Å²) in [4.78, 5) is 14.4. The molecule has 19 heavy (non-hydrogen) atoms. The van der Waals surface area contributed by atoms with Crippen LogP contribution in [0.25, 0.3) is 0 Å². The van der Waals surface area contributed by atoms with Gasteiger partial charge in [0.2, 0.25) is 0 Å². The highest BCUT2D eigenvalue weighted by Crippen LogP contribution is 2.23. The molecule has 0 saturated carbocycles. The molecule has 2 rings (SSSR count). The summed E-state index contributed by atoms with van der Waals surface area (Å²) < 4.78 is 6.86. The molecule has 1 aromatic carbocycles. The molecule has 0 aromatic heterocycles. The molecule has 1 unspecified atom stereocenters. The number of benzene rings is 1. The lowest BCUT2D eigenvalue weighted by Gasteiger charge is -2.41. The summed E-state index contributed by atoms with van der Waals surface area (Å²) in [5.74, 6) is 0.0822. The fourth-order valence-electron chi connectivity index (χ4n) is 2.57. The number of halogens is 1. The van der Waals surface area contributed by atoms with Crippen LogP contribution >= 0.6 is 15.9 Å². The zero-order chi connectivity index (χ0) is 14.2. The summed E-state index contributed by atoms with van der Waals surface area (Å²) in [5.41, 5.74) is 1.54. The van der Waals surface area contributed by atoms with Crippen LogP contribution in [0.1, 0.15) is 36.7 Å². The summed E-state index contributed by atoms with van der Waals surface area (Å²) in [6.07, 6.45) is 0.0734. The maximum Gasteiger partial charge on any atom is 0.254 e. The molecule has 1 aliphatic rings. The van der Waals surface area contributed by atoms with E-state index < -0.39 is 0 Å². The lowest BCUT2D eigenvalue weighted by molar-refractivity contribution is -0.118. The van der Waals surface area contributed by atoms with E-state index in [0.717, 1.165) is 15.6 Å². The SMILES string of the molecule is Cc1cc(C(=O)N2CC(C)OC(C)(C)C2)ccc1Br. The van der Waals surface area contributed by atoms with E-state index in [1.807, 2.05) is 50.8 Å². The van der Waals surface area contributed by atoms with E-state index in [2.05, 4.69) is 15.9 Å². The fraction of sp³-hybridized carbons (Fsp3) is 0.533. The summed E-state index contributed by atoms with van der Waals surface area (Å²) >= 11 is 3.46. The van der Waals surface area contributed by atoms with E-state index in [0.29, 0.717) is 13.1 Å². The number of ether oxygens (including phenoxy) is 1. The number of hydrogen-bond acceptors (Lipinski definition) is 2. The van der Waals surface area contributed by atoms with Gasteiger partial charge in [-0.2, -0.15) is 0 Å². The highest BCUT2D eigenvalue weighted by molar-refractivity contribution is 9.10. The molecule has 1 aromatic rings. The van der Waals surface area contributed by atoms with Gasteiger partial charge in [0.1, 0.15) is 0 Å². The van der Waals surface area contributed by atoms with Crippen LogP contribution in [0.5, 0.6) is 0 Å². The molecule has 0 spiro atoms. The highest BCUT2D eigenvalue weighted by Gasteiger charge is 2.34. The van der Waals surface area contributed by atoms with Gasteiger partial charge in [0, 0.05) is 23.1 Å². The number of hydrogen-bond donors (Lipinski definition) is 0. The Labute approximate surface area is 123 Å². The molecular weight excluding hydrogens is 306 g/mol. The van der Waals surface area contributed by atoms with Gasteiger partial charge >= 0.3 is 0 Å². The normalized spacial score (nSPS) is 22.4. The third-order valence-electron chi connectivity index (χ3n) is 3.26. The second kappa shape index (κ2) is 5.25. The van der Waals surface area contributed by atoms with Crippen LogP contribution in [0.4, 0.5) is 0 Å². The van der Waals surface area contributed by atoms with Crippen LogP contribution in [0.15, 0.2) is 22.7 Å². The molecule has 1 aliphatic heterocycles. The molecule has 1 amide bonds. The van der Waals surface area contributed by atoms with Gasteiger partial charge in [-0.15, -0.1) is 0 Å². The molecule has 1 heterocycles. The van der Waals surface area contributed by atoms with E-state index >= 15 is 0 Å². The molecule has 0 bridgehead atoms. The topological polar surface area (TPSA) is 29.5 Å². The summed E-state index contributed by atoms with van der Waals surface area (Å²) in [6, 6.07) is 5.73. The van der Waals surface area contributed by atoms with Gasteiger partial charge in [-0.3, -0.25) is 4.79 Å². The predicted octanol–water partition coefficient (Wildman–Crippen LogP) is 3.40. The maximum absolute atomic E-state index is 12.6. The largest absolute Gasteiger partial charge is 0.369 e. The molecule has 1 fully saturated rings. The minimum Gasteiger partial charge on any atom is -0.369 e. The van der Waals surface area contributed by atoms with Crippen molar-refractivity contribution < 1.29 is 9.53 Å². The minimum atomic E-state index is -0.280. The first kappa shape index (κ1) is 14.5. The summed E-state index contributed by atoms with van der Waals surface area (Å²) in [7, 11) is 0. The zero-order valence-corrected chi connectivity index (χ0v) is 13.5. The van der Waals surface area contributed by atoms with E-state index in [-0.39, 0.29) is 17.6 Å². The highest BCUT2D eigenvalue weighted by atomic mass is 79.9. The molecule has 1 atom stereocenters. The van der Waals surface area contributed by atoms with Crippen molar-refractivity contribution in [1.29, 1.82) is 0 Å². The Hall–Kier alpha value is -0.870. The van der Waals surface area contributed by atoms with Crippen LogP contribution in [-0.4, -0.2) is 35.6 Å². The molecule has 3 nitrogen and oxygen atoms in total. The van der Waals surface area contributed by atoms with Gasteiger partial charge in [-0.05, 0) is 51.5 Å². The minimum absolute atomic E-state index is 0.0734. The number of amides is 1. The van der Waals surface area contributed by atoms with E-state index in [1.165, 1.54) is 0 Å². The Bertz CT molecular complexity index is 499. The number of carbonyl (C=O) groups is 1. The van der Waals surface area contributed by atoms with Crippen LogP contribution in [0, 0.1) is 6.92 Å². The van der Waals surface area contributed by atoms with Crippen LogP contribution in [-0.2, 0) is 4.74 Å². The number of aryl methyl sites for hydroxylation is 1. The number of carbonyl (C=O) groups excluding carboxylic acids is 1. The van der Waals surface area contributed by atoms with Crippen molar-refractivity contribution in [2.45, 2.75) is 39.4 Å². The third-order valence-corrected chi connectivity index (χ3v) is 4.15. The molecule has 104 valence electrons. The predicted molar refractivity (Wildman–Crippen MR) is 79.4 cm³/mol. The van der Waals surface area contributed by atoms with E-state index in [9.17, 15) is 4.79 Å². The fourth-order valence-corrected chi connectivity index (χ4v) is 2.82.